The number of hydrogen-bond donors (Lipinski definition) is 0. The van der Waals surface area contributed by atoms with Crippen LogP contribution in [0.1, 0.15) is 50.5 Å². The van der Waals surface area contributed by atoms with Crippen molar-refractivity contribution in [1.82, 2.24) is 19.7 Å². The number of aromatic nitrogens is 3. The Morgan fingerprint density at radius 1 is 1.23 bits per heavy atom. The van der Waals surface area contributed by atoms with Crippen molar-refractivity contribution >= 4 is 16.9 Å². The summed E-state index contributed by atoms with van der Waals surface area (Å²) in [6, 6.07) is 2.18. The molecule has 2 atom stereocenters. The van der Waals surface area contributed by atoms with Crippen LogP contribution in [-0.2, 0) is 0 Å². The summed E-state index contributed by atoms with van der Waals surface area (Å²) in [5, 5.41) is 5.29. The van der Waals surface area contributed by atoms with Gasteiger partial charge in [-0.1, -0.05) is 13.8 Å². The number of fused-ring (bicyclic) bond motifs is 1. The summed E-state index contributed by atoms with van der Waals surface area (Å²) < 4.78 is 1.88. The van der Waals surface area contributed by atoms with Crippen molar-refractivity contribution in [3.8, 4) is 0 Å². The summed E-state index contributed by atoms with van der Waals surface area (Å²) in [7, 11) is 0. The zero-order chi connectivity index (χ0) is 15.9. The molecule has 0 N–H and O–H groups in total. The second-order valence-corrected chi connectivity index (χ2v) is 6.98. The second kappa shape index (κ2) is 5.71. The first-order valence-electron chi connectivity index (χ1n) is 8.08. The lowest BCUT2D eigenvalue weighted by Crippen LogP contribution is -2.42. The van der Waals surface area contributed by atoms with E-state index in [-0.39, 0.29) is 11.9 Å². The average Bonchev–Trinajstić information content (AvgIpc) is 2.88. The summed E-state index contributed by atoms with van der Waals surface area (Å²) in [6.45, 7) is 10.3. The van der Waals surface area contributed by atoms with Crippen LogP contribution < -0.4 is 0 Å². The maximum absolute atomic E-state index is 12.7. The molecule has 5 nitrogen and oxygen atoms in total. The van der Waals surface area contributed by atoms with Gasteiger partial charge in [-0.15, -0.1) is 0 Å². The third-order valence-corrected chi connectivity index (χ3v) is 4.33. The van der Waals surface area contributed by atoms with E-state index in [4.69, 9.17) is 0 Å². The third kappa shape index (κ3) is 2.72. The van der Waals surface area contributed by atoms with Crippen molar-refractivity contribution in [2.75, 3.05) is 13.1 Å². The predicted molar refractivity (Wildman–Crippen MR) is 86.8 cm³/mol. The third-order valence-electron chi connectivity index (χ3n) is 4.33. The molecule has 2 unspecified atom stereocenters. The van der Waals surface area contributed by atoms with E-state index in [0.29, 0.717) is 17.4 Å². The van der Waals surface area contributed by atoms with E-state index in [0.717, 1.165) is 24.1 Å². The highest BCUT2D eigenvalue weighted by atomic mass is 16.2. The predicted octanol–water partition coefficient (Wildman–Crippen LogP) is 3.13. The Morgan fingerprint density at radius 2 is 1.91 bits per heavy atom. The smallest absolute Gasteiger partial charge is 0.255 e. The molecule has 3 rings (SSSR count). The molecule has 1 saturated heterocycles. The SMILES string of the molecule is CC1CC(C)CN(C(=O)c2cnc3c(cnn3C(C)C)c2)C1. The lowest BCUT2D eigenvalue weighted by Gasteiger charge is -2.35. The zero-order valence-electron chi connectivity index (χ0n) is 13.8. The number of carbonyl (C=O) groups is 1. The number of nitrogens with zero attached hydrogens (tertiary/aromatic N) is 4. The molecule has 1 aliphatic rings. The van der Waals surface area contributed by atoms with Gasteiger partial charge < -0.3 is 4.90 Å². The summed E-state index contributed by atoms with van der Waals surface area (Å²) >= 11 is 0. The van der Waals surface area contributed by atoms with Gasteiger partial charge in [0.05, 0.1) is 11.8 Å². The molecule has 118 valence electrons. The fraction of sp³-hybridized carbons (Fsp3) is 0.588. The topological polar surface area (TPSA) is 51.0 Å². The van der Waals surface area contributed by atoms with Gasteiger partial charge in [0.15, 0.2) is 5.65 Å². The summed E-state index contributed by atoms with van der Waals surface area (Å²) in [5.74, 6) is 1.21. The Kier molecular flexibility index (Phi) is 3.89. The molecular weight excluding hydrogens is 276 g/mol. The van der Waals surface area contributed by atoms with E-state index < -0.39 is 0 Å². The molecule has 1 amide bonds. The largest absolute Gasteiger partial charge is 0.338 e. The minimum Gasteiger partial charge on any atom is -0.338 e. The van der Waals surface area contributed by atoms with Gasteiger partial charge in [-0.05, 0) is 38.2 Å². The maximum Gasteiger partial charge on any atom is 0.255 e. The first kappa shape index (κ1) is 15.0. The van der Waals surface area contributed by atoms with Crippen molar-refractivity contribution in [1.29, 1.82) is 0 Å². The lowest BCUT2D eigenvalue weighted by atomic mass is 9.91. The van der Waals surface area contributed by atoms with E-state index in [1.807, 2.05) is 15.6 Å². The van der Waals surface area contributed by atoms with Crippen LogP contribution in [0, 0.1) is 11.8 Å². The van der Waals surface area contributed by atoms with E-state index in [1.54, 1.807) is 12.4 Å². The number of rotatable bonds is 2. The summed E-state index contributed by atoms with van der Waals surface area (Å²) in [5.41, 5.74) is 1.50. The second-order valence-electron chi connectivity index (χ2n) is 6.98. The van der Waals surface area contributed by atoms with E-state index in [9.17, 15) is 4.79 Å². The van der Waals surface area contributed by atoms with Crippen LogP contribution in [0.15, 0.2) is 18.5 Å². The van der Waals surface area contributed by atoms with Gasteiger partial charge in [0.1, 0.15) is 0 Å². The molecule has 2 aromatic heterocycles. The lowest BCUT2D eigenvalue weighted by molar-refractivity contribution is 0.0623. The Hall–Kier alpha value is -1.91. The van der Waals surface area contributed by atoms with Gasteiger partial charge in [-0.25, -0.2) is 9.67 Å². The van der Waals surface area contributed by atoms with Crippen molar-refractivity contribution in [2.45, 2.75) is 40.2 Å². The Morgan fingerprint density at radius 3 is 2.55 bits per heavy atom. The van der Waals surface area contributed by atoms with Gasteiger partial charge in [0.25, 0.3) is 5.91 Å². The quantitative estimate of drug-likeness (QED) is 0.856. The Labute approximate surface area is 131 Å². The molecule has 0 aliphatic carbocycles. The van der Waals surface area contributed by atoms with Crippen molar-refractivity contribution in [3.63, 3.8) is 0 Å². The van der Waals surface area contributed by atoms with Gasteiger partial charge >= 0.3 is 0 Å². The zero-order valence-corrected chi connectivity index (χ0v) is 13.8. The molecule has 0 saturated carbocycles. The van der Waals surface area contributed by atoms with E-state index in [2.05, 4.69) is 37.8 Å². The number of likely N-dealkylation sites (tertiary alicyclic amines) is 1. The van der Waals surface area contributed by atoms with Crippen LogP contribution in [0.4, 0.5) is 0 Å². The van der Waals surface area contributed by atoms with Crippen LogP contribution in [0.5, 0.6) is 0 Å². The van der Waals surface area contributed by atoms with Crippen LogP contribution in [0.25, 0.3) is 11.0 Å². The number of hydrogen-bond acceptors (Lipinski definition) is 3. The molecule has 0 bridgehead atoms. The number of piperidine rings is 1. The first-order chi connectivity index (χ1) is 10.5. The Bertz CT molecular complexity index is 681. The van der Waals surface area contributed by atoms with Crippen LogP contribution in [-0.4, -0.2) is 38.7 Å². The van der Waals surface area contributed by atoms with Gasteiger partial charge in [-0.2, -0.15) is 5.10 Å². The van der Waals surface area contributed by atoms with Crippen LogP contribution in [0.3, 0.4) is 0 Å². The highest BCUT2D eigenvalue weighted by Crippen LogP contribution is 2.23. The van der Waals surface area contributed by atoms with Gasteiger partial charge in [0, 0.05) is 30.7 Å². The van der Waals surface area contributed by atoms with Gasteiger partial charge in [-0.3, -0.25) is 4.79 Å². The summed E-state index contributed by atoms with van der Waals surface area (Å²) in [4.78, 5) is 19.2. The minimum atomic E-state index is 0.0881. The molecule has 0 aromatic carbocycles. The number of pyridine rings is 1. The molecule has 3 heterocycles. The highest BCUT2D eigenvalue weighted by Gasteiger charge is 2.26. The normalized spacial score (nSPS) is 22.5. The number of amides is 1. The fourth-order valence-electron chi connectivity index (χ4n) is 3.45. The molecular formula is C17H24N4O. The highest BCUT2D eigenvalue weighted by molar-refractivity contribution is 5.96. The molecule has 1 aliphatic heterocycles. The van der Waals surface area contributed by atoms with E-state index in [1.165, 1.54) is 6.42 Å². The monoisotopic (exact) mass is 300 g/mol. The van der Waals surface area contributed by atoms with Crippen molar-refractivity contribution < 1.29 is 4.79 Å². The van der Waals surface area contributed by atoms with Crippen molar-refractivity contribution in [3.05, 3.63) is 24.0 Å². The molecule has 0 spiro atoms. The van der Waals surface area contributed by atoms with E-state index >= 15 is 0 Å². The fourth-order valence-corrected chi connectivity index (χ4v) is 3.45. The van der Waals surface area contributed by atoms with Crippen LogP contribution in [0.2, 0.25) is 0 Å². The molecule has 22 heavy (non-hydrogen) atoms. The summed E-state index contributed by atoms with van der Waals surface area (Å²) in [6.07, 6.45) is 4.68. The minimum absolute atomic E-state index is 0.0881. The Balaban J connectivity index is 1.88. The molecule has 5 heteroatoms. The molecule has 0 radical (unpaired) electrons. The molecule has 1 fully saturated rings. The standard InChI is InChI=1S/C17H24N4O/c1-11(2)21-16-14(8-19-21)6-15(7-18-16)17(22)20-9-12(3)5-13(4)10-20/h6-8,11-13H,5,9-10H2,1-4H3. The maximum atomic E-state index is 12.7. The number of carbonyl (C=O) groups excluding carboxylic acids is 1. The average molecular weight is 300 g/mol. The van der Waals surface area contributed by atoms with Gasteiger partial charge in [0.2, 0.25) is 0 Å². The molecule has 2 aromatic rings. The van der Waals surface area contributed by atoms with Crippen LogP contribution >= 0.6 is 0 Å². The first-order valence-corrected chi connectivity index (χ1v) is 8.08. The van der Waals surface area contributed by atoms with Crippen molar-refractivity contribution in [2.24, 2.45) is 11.8 Å².